The first-order valence-corrected chi connectivity index (χ1v) is 17.1. The fourth-order valence-electron chi connectivity index (χ4n) is 7.96. The maximum atomic E-state index is 6.43. The third-order valence-electron chi connectivity index (χ3n) is 10.7. The molecule has 3 heterocycles. The highest BCUT2D eigenvalue weighted by molar-refractivity contribution is 6.57. The molecule has 32 heavy (non-hydrogen) atoms. The van der Waals surface area contributed by atoms with E-state index in [9.17, 15) is 0 Å². The normalized spacial score (nSPS) is 47.0. The maximum absolute atomic E-state index is 6.43. The lowest BCUT2D eigenvalue weighted by Crippen LogP contribution is -2.35. The lowest BCUT2D eigenvalue weighted by Gasteiger charge is -2.41. The Morgan fingerprint density at radius 3 is 1.34 bits per heavy atom. The summed E-state index contributed by atoms with van der Waals surface area (Å²) in [4.78, 5) is 0. The van der Waals surface area contributed by atoms with Crippen molar-refractivity contribution in [3.63, 3.8) is 0 Å². The van der Waals surface area contributed by atoms with Crippen molar-refractivity contribution in [2.45, 2.75) is 145 Å². The van der Waals surface area contributed by atoms with Crippen LogP contribution in [0.4, 0.5) is 0 Å². The molecule has 6 heteroatoms. The van der Waals surface area contributed by atoms with Crippen molar-refractivity contribution in [3.8, 4) is 0 Å². The van der Waals surface area contributed by atoms with Crippen LogP contribution in [0, 0.1) is 17.8 Å². The molecular weight excluding hydrogens is 432 g/mol. The monoisotopic (exact) mass is 478 g/mol. The van der Waals surface area contributed by atoms with E-state index in [1.807, 2.05) is 0 Å². The van der Waals surface area contributed by atoms with E-state index in [1.54, 1.807) is 0 Å². The highest BCUT2D eigenvalue weighted by Gasteiger charge is 2.48. The summed E-state index contributed by atoms with van der Waals surface area (Å²) >= 11 is 0. The highest BCUT2D eigenvalue weighted by atomic mass is 28.3. The molecule has 3 saturated carbocycles. The molecule has 0 radical (unpaired) electrons. The van der Waals surface area contributed by atoms with Gasteiger partial charge in [0, 0.05) is 0 Å². The van der Waals surface area contributed by atoms with E-state index in [0.717, 1.165) is 28.2 Å². The van der Waals surface area contributed by atoms with Crippen molar-refractivity contribution < 1.29 is 18.3 Å². The Bertz CT molecular complexity index is 583. The molecule has 6 aliphatic rings. The molecular formula is C26H46O4Si2. The van der Waals surface area contributed by atoms with E-state index in [2.05, 4.69) is 6.55 Å². The topological polar surface area (TPSA) is 46.8 Å². The van der Waals surface area contributed by atoms with Crippen LogP contribution in [-0.4, -0.2) is 56.2 Å². The Kier molecular flexibility index (Phi) is 6.66. The Hall–Kier alpha value is 0.274. The fourth-order valence-corrected chi connectivity index (χ4v) is 11.7. The Morgan fingerprint density at radius 2 is 1.03 bits per heavy atom. The highest BCUT2D eigenvalue weighted by Crippen LogP contribution is 2.53. The molecule has 3 aliphatic carbocycles. The standard InChI is InChI=1S/C26H46O4Si2/c1-32(30-31)26(11-8-17-2-5-20-23(14-17)27-20,12-9-18-3-6-21-24(15-18)28-21)13-10-19-4-7-22-25(16-19)29-22/h17-25,32H,2-16H2,1,31H3. The van der Waals surface area contributed by atoms with E-state index in [1.165, 1.54) is 96.3 Å². The van der Waals surface area contributed by atoms with Gasteiger partial charge < -0.3 is 18.3 Å². The number of epoxide rings is 3. The molecule has 6 rings (SSSR count). The van der Waals surface area contributed by atoms with Crippen LogP contribution in [0.3, 0.4) is 0 Å². The zero-order valence-corrected chi connectivity index (χ0v) is 23.7. The van der Waals surface area contributed by atoms with Crippen molar-refractivity contribution in [1.29, 1.82) is 0 Å². The van der Waals surface area contributed by atoms with Gasteiger partial charge in [-0.15, -0.1) is 0 Å². The molecule has 0 amide bonds. The predicted octanol–water partition coefficient (Wildman–Crippen LogP) is 4.42. The number of ether oxygens (including phenoxy) is 3. The Labute approximate surface area is 200 Å². The summed E-state index contributed by atoms with van der Waals surface area (Å²) in [5.41, 5.74) is 0. The second-order valence-electron chi connectivity index (χ2n) is 12.5. The third kappa shape index (κ3) is 5.11. The van der Waals surface area contributed by atoms with Gasteiger partial charge in [0.25, 0.3) is 0 Å². The molecule has 0 bridgehead atoms. The lowest BCUT2D eigenvalue weighted by molar-refractivity contribution is 0.254. The molecule has 3 aliphatic heterocycles. The zero-order valence-electron chi connectivity index (χ0n) is 20.5. The van der Waals surface area contributed by atoms with E-state index < -0.39 is 9.04 Å². The van der Waals surface area contributed by atoms with Crippen LogP contribution in [0.15, 0.2) is 0 Å². The Balaban J connectivity index is 1.10. The summed E-state index contributed by atoms with van der Waals surface area (Å²) in [6, 6.07) is 0. The number of hydrogen-bond acceptors (Lipinski definition) is 4. The van der Waals surface area contributed by atoms with Crippen molar-refractivity contribution >= 4 is 19.5 Å². The molecule has 4 nitrogen and oxygen atoms in total. The molecule has 3 saturated heterocycles. The van der Waals surface area contributed by atoms with E-state index in [-0.39, 0.29) is 0 Å². The van der Waals surface area contributed by atoms with Crippen LogP contribution in [0.2, 0.25) is 11.6 Å². The molecule has 0 N–H and O–H groups in total. The molecule has 0 aromatic carbocycles. The summed E-state index contributed by atoms with van der Waals surface area (Å²) in [5.74, 6) is 2.71. The average molecular weight is 479 g/mol. The molecule has 182 valence electrons. The van der Waals surface area contributed by atoms with Gasteiger partial charge in [0.2, 0.25) is 0 Å². The second kappa shape index (κ2) is 9.38. The fraction of sp³-hybridized carbons (Fsp3) is 1.00. The van der Waals surface area contributed by atoms with Crippen LogP contribution in [0.5, 0.6) is 0 Å². The smallest absolute Gasteiger partial charge is 0.165 e. The first kappa shape index (κ1) is 22.7. The molecule has 0 aromatic heterocycles. The first-order chi connectivity index (χ1) is 15.6. The molecule has 6 fully saturated rings. The second-order valence-corrected chi connectivity index (χ2v) is 16.9. The van der Waals surface area contributed by atoms with Gasteiger partial charge in [-0.05, 0) is 106 Å². The zero-order chi connectivity index (χ0) is 21.7. The molecule has 10 atom stereocenters. The minimum Gasteiger partial charge on any atom is -0.465 e. The van der Waals surface area contributed by atoms with Gasteiger partial charge in [0.05, 0.1) is 36.6 Å². The van der Waals surface area contributed by atoms with Crippen LogP contribution in [0.25, 0.3) is 0 Å². The van der Waals surface area contributed by atoms with E-state index in [4.69, 9.17) is 18.3 Å². The van der Waals surface area contributed by atoms with Crippen LogP contribution < -0.4 is 0 Å². The number of fused-ring (bicyclic) bond motifs is 3. The summed E-state index contributed by atoms with van der Waals surface area (Å²) < 4.78 is 24.0. The minimum absolute atomic E-state index is 0.505. The van der Waals surface area contributed by atoms with Gasteiger partial charge in [0.1, 0.15) is 10.5 Å². The van der Waals surface area contributed by atoms with Crippen molar-refractivity contribution in [3.05, 3.63) is 0 Å². The summed E-state index contributed by atoms with van der Waals surface area (Å²) in [6.07, 6.45) is 24.5. The van der Waals surface area contributed by atoms with Gasteiger partial charge in [-0.25, -0.2) is 0 Å². The minimum atomic E-state index is -1.20. The SMILES string of the molecule is C[SiH](O[SiH3])C(CCC1CCC2OC2C1)(CCC1CCC2OC2C1)CCC1CCC2OC2C1. The summed E-state index contributed by atoms with van der Waals surface area (Å²) in [7, 11) is -0.279. The van der Waals surface area contributed by atoms with E-state index >= 15 is 0 Å². The lowest BCUT2D eigenvalue weighted by atomic mass is 9.77. The van der Waals surface area contributed by atoms with Crippen LogP contribution in [-0.2, 0) is 18.3 Å². The Morgan fingerprint density at radius 1 is 0.656 bits per heavy atom. The van der Waals surface area contributed by atoms with Crippen LogP contribution >= 0.6 is 0 Å². The van der Waals surface area contributed by atoms with Gasteiger partial charge in [-0.1, -0.05) is 19.3 Å². The average Bonchev–Trinajstić information content (AvgIpc) is 3.69. The number of rotatable bonds is 11. The third-order valence-corrected chi connectivity index (χ3v) is 16.1. The van der Waals surface area contributed by atoms with E-state index in [0.29, 0.717) is 41.7 Å². The quantitative estimate of drug-likeness (QED) is 0.326. The summed E-state index contributed by atoms with van der Waals surface area (Å²) in [6.45, 7) is 2.55. The molecule has 0 spiro atoms. The summed E-state index contributed by atoms with van der Waals surface area (Å²) in [5, 5.41) is 0.505. The number of hydrogen-bond donors (Lipinski definition) is 0. The predicted molar refractivity (Wildman–Crippen MR) is 132 cm³/mol. The van der Waals surface area contributed by atoms with Crippen molar-refractivity contribution in [2.24, 2.45) is 17.8 Å². The van der Waals surface area contributed by atoms with Crippen molar-refractivity contribution in [1.82, 2.24) is 0 Å². The first-order valence-electron chi connectivity index (χ1n) is 14.1. The maximum Gasteiger partial charge on any atom is 0.165 e. The van der Waals surface area contributed by atoms with Gasteiger partial charge in [0.15, 0.2) is 9.04 Å². The van der Waals surface area contributed by atoms with Crippen molar-refractivity contribution in [2.75, 3.05) is 0 Å². The van der Waals surface area contributed by atoms with Crippen LogP contribution in [0.1, 0.15) is 96.3 Å². The van der Waals surface area contributed by atoms with Gasteiger partial charge in [-0.3, -0.25) is 0 Å². The molecule has 10 unspecified atom stereocenters. The largest absolute Gasteiger partial charge is 0.465 e. The van der Waals surface area contributed by atoms with Gasteiger partial charge in [-0.2, -0.15) is 0 Å². The molecule has 0 aromatic rings. The van der Waals surface area contributed by atoms with Gasteiger partial charge >= 0.3 is 0 Å².